The van der Waals surface area contributed by atoms with E-state index in [-0.39, 0.29) is 17.7 Å². The maximum atomic E-state index is 13.9. The van der Waals surface area contributed by atoms with Crippen LogP contribution >= 0.6 is 0 Å². The van der Waals surface area contributed by atoms with Crippen molar-refractivity contribution in [1.29, 1.82) is 0 Å². The summed E-state index contributed by atoms with van der Waals surface area (Å²) in [6, 6.07) is 2.46. The Balaban J connectivity index is 1.97. The Morgan fingerprint density at radius 2 is 1.90 bits per heavy atom. The standard InChI is InChI=1S/C17H25F2N/c1-11-6-4-5-7-14(11)10-20-13(3)15-9-16(18)12(2)8-17(15)19/h8-9,11,13-14,20H,4-7,10H2,1-3H3. The Hall–Kier alpha value is -0.960. The van der Waals surface area contributed by atoms with E-state index in [0.717, 1.165) is 12.5 Å². The van der Waals surface area contributed by atoms with Crippen molar-refractivity contribution in [3.05, 3.63) is 34.9 Å². The lowest BCUT2D eigenvalue weighted by atomic mass is 9.80. The topological polar surface area (TPSA) is 12.0 Å². The lowest BCUT2D eigenvalue weighted by Crippen LogP contribution is -2.31. The minimum Gasteiger partial charge on any atom is -0.310 e. The summed E-state index contributed by atoms with van der Waals surface area (Å²) in [5.74, 6) is 0.731. The number of hydrogen-bond acceptors (Lipinski definition) is 1. The van der Waals surface area contributed by atoms with Crippen molar-refractivity contribution in [2.24, 2.45) is 11.8 Å². The number of nitrogens with one attached hydrogen (secondary N) is 1. The van der Waals surface area contributed by atoms with Crippen LogP contribution in [-0.4, -0.2) is 6.54 Å². The highest BCUT2D eigenvalue weighted by atomic mass is 19.1. The first-order chi connectivity index (χ1) is 9.49. The fraction of sp³-hybridized carbons (Fsp3) is 0.647. The average molecular weight is 281 g/mol. The average Bonchev–Trinajstić information content (AvgIpc) is 2.41. The quantitative estimate of drug-likeness (QED) is 0.839. The van der Waals surface area contributed by atoms with Crippen molar-refractivity contribution in [1.82, 2.24) is 5.32 Å². The van der Waals surface area contributed by atoms with Gasteiger partial charge in [-0.15, -0.1) is 0 Å². The van der Waals surface area contributed by atoms with Crippen LogP contribution in [0.2, 0.25) is 0 Å². The van der Waals surface area contributed by atoms with Crippen LogP contribution in [0.15, 0.2) is 12.1 Å². The van der Waals surface area contributed by atoms with Gasteiger partial charge >= 0.3 is 0 Å². The van der Waals surface area contributed by atoms with Gasteiger partial charge in [-0.25, -0.2) is 8.78 Å². The SMILES string of the molecule is Cc1cc(F)c(C(C)NCC2CCCCC2C)cc1F. The maximum Gasteiger partial charge on any atom is 0.128 e. The second-order valence-corrected chi connectivity index (χ2v) is 6.27. The molecule has 3 unspecified atom stereocenters. The summed E-state index contributed by atoms with van der Waals surface area (Å²) < 4.78 is 27.5. The molecule has 0 aromatic heterocycles. The largest absolute Gasteiger partial charge is 0.310 e. The molecule has 0 radical (unpaired) electrons. The fourth-order valence-corrected chi connectivity index (χ4v) is 3.13. The van der Waals surface area contributed by atoms with E-state index in [9.17, 15) is 8.78 Å². The molecule has 0 bridgehead atoms. The highest BCUT2D eigenvalue weighted by Gasteiger charge is 2.22. The van der Waals surface area contributed by atoms with E-state index < -0.39 is 0 Å². The van der Waals surface area contributed by atoms with Gasteiger partial charge in [0.2, 0.25) is 0 Å². The van der Waals surface area contributed by atoms with Crippen molar-refractivity contribution in [2.75, 3.05) is 6.54 Å². The summed E-state index contributed by atoms with van der Waals surface area (Å²) in [6.07, 6.45) is 5.14. The maximum absolute atomic E-state index is 13.9. The summed E-state index contributed by atoms with van der Waals surface area (Å²) in [5.41, 5.74) is 0.788. The van der Waals surface area contributed by atoms with E-state index in [4.69, 9.17) is 0 Å². The van der Waals surface area contributed by atoms with E-state index in [2.05, 4.69) is 12.2 Å². The second kappa shape index (κ2) is 6.66. The predicted octanol–water partition coefficient (Wildman–Crippen LogP) is 4.75. The number of halogens is 2. The highest BCUT2D eigenvalue weighted by molar-refractivity contribution is 5.27. The Morgan fingerprint density at radius 3 is 2.60 bits per heavy atom. The van der Waals surface area contributed by atoms with Crippen LogP contribution in [-0.2, 0) is 0 Å². The molecule has 1 N–H and O–H groups in total. The van der Waals surface area contributed by atoms with Gasteiger partial charge in [0, 0.05) is 11.6 Å². The monoisotopic (exact) mass is 281 g/mol. The van der Waals surface area contributed by atoms with E-state index in [1.165, 1.54) is 37.8 Å². The molecule has 20 heavy (non-hydrogen) atoms. The molecule has 1 nitrogen and oxygen atoms in total. The minimum atomic E-state index is -0.332. The molecule has 2 rings (SSSR count). The highest BCUT2D eigenvalue weighted by Crippen LogP contribution is 2.29. The third-order valence-electron chi connectivity index (χ3n) is 4.72. The second-order valence-electron chi connectivity index (χ2n) is 6.27. The Labute approximate surface area is 120 Å². The van der Waals surface area contributed by atoms with Gasteiger partial charge in [0.1, 0.15) is 11.6 Å². The molecule has 0 heterocycles. The van der Waals surface area contributed by atoms with Gasteiger partial charge in [-0.05, 0) is 56.3 Å². The van der Waals surface area contributed by atoms with Crippen molar-refractivity contribution in [2.45, 2.75) is 52.5 Å². The molecule has 1 saturated carbocycles. The summed E-state index contributed by atoms with van der Waals surface area (Å²) in [7, 11) is 0. The first-order valence-electron chi connectivity index (χ1n) is 7.68. The summed E-state index contributed by atoms with van der Waals surface area (Å²) >= 11 is 0. The molecular weight excluding hydrogens is 256 g/mol. The summed E-state index contributed by atoms with van der Waals surface area (Å²) in [4.78, 5) is 0. The molecule has 0 saturated heterocycles. The molecule has 1 aliphatic carbocycles. The molecule has 1 aromatic carbocycles. The van der Waals surface area contributed by atoms with E-state index >= 15 is 0 Å². The number of hydrogen-bond donors (Lipinski definition) is 1. The van der Waals surface area contributed by atoms with E-state index in [1.807, 2.05) is 6.92 Å². The van der Waals surface area contributed by atoms with Crippen LogP contribution < -0.4 is 5.32 Å². The third kappa shape index (κ3) is 3.57. The van der Waals surface area contributed by atoms with Crippen LogP contribution in [0.25, 0.3) is 0 Å². The van der Waals surface area contributed by atoms with Gasteiger partial charge in [0.25, 0.3) is 0 Å². The van der Waals surface area contributed by atoms with Crippen LogP contribution in [0.3, 0.4) is 0 Å². The molecular formula is C17H25F2N. The molecule has 0 amide bonds. The first kappa shape index (κ1) is 15.4. The number of rotatable bonds is 4. The Morgan fingerprint density at radius 1 is 1.20 bits per heavy atom. The van der Waals surface area contributed by atoms with Gasteiger partial charge in [0.15, 0.2) is 0 Å². The number of benzene rings is 1. The lowest BCUT2D eigenvalue weighted by molar-refractivity contribution is 0.242. The first-order valence-corrected chi connectivity index (χ1v) is 7.68. The van der Waals surface area contributed by atoms with Crippen molar-refractivity contribution < 1.29 is 8.78 Å². The van der Waals surface area contributed by atoms with Crippen molar-refractivity contribution in [3.8, 4) is 0 Å². The molecule has 3 atom stereocenters. The van der Waals surface area contributed by atoms with Crippen LogP contribution in [0.1, 0.15) is 56.7 Å². The van der Waals surface area contributed by atoms with Gasteiger partial charge in [-0.1, -0.05) is 26.2 Å². The summed E-state index contributed by atoms with van der Waals surface area (Å²) in [5, 5.41) is 3.38. The molecule has 1 aliphatic rings. The van der Waals surface area contributed by atoms with Gasteiger partial charge < -0.3 is 5.32 Å². The van der Waals surface area contributed by atoms with Crippen LogP contribution in [0.4, 0.5) is 8.78 Å². The minimum absolute atomic E-state index is 0.153. The molecule has 0 aliphatic heterocycles. The fourth-order valence-electron chi connectivity index (χ4n) is 3.13. The van der Waals surface area contributed by atoms with E-state index in [0.29, 0.717) is 17.0 Å². The zero-order valence-corrected chi connectivity index (χ0v) is 12.7. The zero-order valence-electron chi connectivity index (χ0n) is 12.7. The molecule has 3 heteroatoms. The lowest BCUT2D eigenvalue weighted by Gasteiger charge is -2.30. The number of aryl methyl sites for hydroxylation is 1. The molecule has 0 spiro atoms. The predicted molar refractivity (Wildman–Crippen MR) is 78.6 cm³/mol. The molecule has 112 valence electrons. The van der Waals surface area contributed by atoms with E-state index in [1.54, 1.807) is 6.92 Å². The zero-order chi connectivity index (χ0) is 14.7. The normalized spacial score (nSPS) is 24.6. The Kier molecular flexibility index (Phi) is 5.14. The van der Waals surface area contributed by atoms with Gasteiger partial charge in [-0.2, -0.15) is 0 Å². The van der Waals surface area contributed by atoms with Crippen molar-refractivity contribution in [3.63, 3.8) is 0 Å². The molecule has 1 fully saturated rings. The molecule has 1 aromatic rings. The smallest absolute Gasteiger partial charge is 0.128 e. The Bertz CT molecular complexity index is 459. The van der Waals surface area contributed by atoms with Crippen molar-refractivity contribution >= 4 is 0 Å². The van der Waals surface area contributed by atoms with Crippen LogP contribution in [0.5, 0.6) is 0 Å². The summed E-state index contributed by atoms with van der Waals surface area (Å²) in [6.45, 7) is 6.67. The van der Waals surface area contributed by atoms with Gasteiger partial charge in [-0.3, -0.25) is 0 Å². The van der Waals surface area contributed by atoms with Crippen LogP contribution in [0, 0.1) is 30.4 Å². The van der Waals surface area contributed by atoms with Gasteiger partial charge in [0.05, 0.1) is 0 Å². The third-order valence-corrected chi connectivity index (χ3v) is 4.72.